The van der Waals surface area contributed by atoms with Gasteiger partial charge in [-0.15, -0.1) is 0 Å². The largest absolute Gasteiger partial charge is 0.484 e. The number of carbonyl (C=O) groups is 1. The molecule has 0 atom stereocenters. The van der Waals surface area contributed by atoms with E-state index in [1.165, 1.54) is 0 Å². The van der Waals surface area contributed by atoms with Crippen molar-refractivity contribution in [3.8, 4) is 11.6 Å². The van der Waals surface area contributed by atoms with Gasteiger partial charge in [0, 0.05) is 13.7 Å². The summed E-state index contributed by atoms with van der Waals surface area (Å²) in [7, 11) is 1.72. The predicted molar refractivity (Wildman–Crippen MR) is 75.8 cm³/mol. The smallest absolute Gasteiger partial charge is 0.320 e. The van der Waals surface area contributed by atoms with Crippen molar-refractivity contribution in [3.05, 3.63) is 12.1 Å². The molecule has 2 amide bonds. The summed E-state index contributed by atoms with van der Waals surface area (Å²) in [6.45, 7) is 1.64. The molecule has 0 aromatic carbocycles. The SMILES string of the molecule is COC1CC(CNC(=O)Nc2ccc3c(n2)OCCO3)C1. The summed E-state index contributed by atoms with van der Waals surface area (Å²) in [6, 6.07) is 3.17. The van der Waals surface area contributed by atoms with Crippen LogP contribution in [0.5, 0.6) is 11.6 Å². The number of nitrogens with one attached hydrogen (secondary N) is 2. The Balaban J connectivity index is 1.46. The van der Waals surface area contributed by atoms with E-state index in [0.29, 0.717) is 49.2 Å². The number of rotatable bonds is 4. The number of nitrogens with zero attached hydrogens (tertiary/aromatic N) is 1. The Kier molecular flexibility index (Phi) is 4.10. The minimum atomic E-state index is -0.264. The summed E-state index contributed by atoms with van der Waals surface area (Å²) < 4.78 is 16.0. The average Bonchev–Trinajstić information content (AvgIpc) is 2.46. The highest BCUT2D eigenvalue weighted by atomic mass is 16.6. The molecule has 2 heterocycles. The first-order valence-electron chi connectivity index (χ1n) is 7.09. The molecule has 1 fully saturated rings. The molecule has 2 N–H and O–H groups in total. The second-order valence-electron chi connectivity index (χ2n) is 5.23. The van der Waals surface area contributed by atoms with Crippen molar-refractivity contribution in [1.82, 2.24) is 10.3 Å². The molecule has 1 aromatic rings. The van der Waals surface area contributed by atoms with E-state index >= 15 is 0 Å². The minimum absolute atomic E-state index is 0.264. The fourth-order valence-corrected chi connectivity index (χ4v) is 2.43. The summed E-state index contributed by atoms with van der Waals surface area (Å²) in [5.74, 6) is 1.96. The Labute approximate surface area is 123 Å². The Bertz CT molecular complexity index is 517. The number of carbonyl (C=O) groups excluding carboxylic acids is 1. The number of amides is 2. The Morgan fingerprint density at radius 2 is 2.19 bits per heavy atom. The molecule has 21 heavy (non-hydrogen) atoms. The lowest BCUT2D eigenvalue weighted by Crippen LogP contribution is -2.40. The van der Waals surface area contributed by atoms with Crippen LogP contribution >= 0.6 is 0 Å². The zero-order valence-corrected chi connectivity index (χ0v) is 11.9. The van der Waals surface area contributed by atoms with Crippen molar-refractivity contribution in [2.45, 2.75) is 18.9 Å². The van der Waals surface area contributed by atoms with Gasteiger partial charge in [-0.2, -0.15) is 4.98 Å². The number of hydrogen-bond acceptors (Lipinski definition) is 5. The normalized spacial score (nSPS) is 23.1. The van der Waals surface area contributed by atoms with Gasteiger partial charge in [0.2, 0.25) is 0 Å². The maximum absolute atomic E-state index is 11.8. The molecule has 3 rings (SSSR count). The maximum Gasteiger partial charge on any atom is 0.320 e. The molecule has 1 saturated carbocycles. The summed E-state index contributed by atoms with van der Waals surface area (Å²) in [5.41, 5.74) is 0. The molecule has 0 unspecified atom stereocenters. The van der Waals surface area contributed by atoms with Crippen LogP contribution in [0.1, 0.15) is 12.8 Å². The second kappa shape index (κ2) is 6.17. The van der Waals surface area contributed by atoms with Gasteiger partial charge in [-0.1, -0.05) is 0 Å². The molecule has 2 aliphatic rings. The Hall–Kier alpha value is -2.02. The van der Waals surface area contributed by atoms with Crippen LogP contribution < -0.4 is 20.1 Å². The number of methoxy groups -OCH3 is 1. The zero-order valence-electron chi connectivity index (χ0n) is 11.9. The topological polar surface area (TPSA) is 81.7 Å². The highest BCUT2D eigenvalue weighted by molar-refractivity contribution is 5.88. The Morgan fingerprint density at radius 3 is 3.00 bits per heavy atom. The lowest BCUT2D eigenvalue weighted by atomic mass is 9.82. The standard InChI is InChI=1S/C14H19N3O4/c1-19-10-6-9(7-10)8-15-14(18)17-12-3-2-11-13(16-12)21-5-4-20-11/h2-3,9-10H,4-8H2,1H3,(H2,15,16,17,18). The van der Waals surface area contributed by atoms with Gasteiger partial charge in [-0.25, -0.2) is 4.79 Å². The van der Waals surface area contributed by atoms with Gasteiger partial charge in [0.1, 0.15) is 19.0 Å². The van der Waals surface area contributed by atoms with Crippen molar-refractivity contribution in [3.63, 3.8) is 0 Å². The number of anilines is 1. The maximum atomic E-state index is 11.8. The van der Waals surface area contributed by atoms with Crippen LogP contribution in [-0.4, -0.2) is 44.0 Å². The summed E-state index contributed by atoms with van der Waals surface area (Å²) in [4.78, 5) is 16.0. The van der Waals surface area contributed by atoms with Gasteiger partial charge in [-0.05, 0) is 30.9 Å². The summed E-state index contributed by atoms with van der Waals surface area (Å²) in [6.07, 6.45) is 2.34. The van der Waals surface area contributed by atoms with Crippen molar-refractivity contribution >= 4 is 11.8 Å². The van der Waals surface area contributed by atoms with Crippen molar-refractivity contribution in [2.24, 2.45) is 5.92 Å². The second-order valence-corrected chi connectivity index (χ2v) is 5.23. The monoisotopic (exact) mass is 293 g/mol. The molecular weight excluding hydrogens is 274 g/mol. The molecule has 7 nitrogen and oxygen atoms in total. The van der Waals surface area contributed by atoms with Crippen LogP contribution in [0.2, 0.25) is 0 Å². The average molecular weight is 293 g/mol. The van der Waals surface area contributed by atoms with Crippen molar-refractivity contribution in [1.29, 1.82) is 0 Å². The van der Waals surface area contributed by atoms with E-state index in [4.69, 9.17) is 14.2 Å². The van der Waals surface area contributed by atoms with Crippen LogP contribution in [0.15, 0.2) is 12.1 Å². The van der Waals surface area contributed by atoms with Gasteiger partial charge in [0.25, 0.3) is 5.88 Å². The number of ether oxygens (including phenoxy) is 3. The molecule has 7 heteroatoms. The number of aromatic nitrogens is 1. The van der Waals surface area contributed by atoms with E-state index in [-0.39, 0.29) is 6.03 Å². The third kappa shape index (κ3) is 3.36. The van der Waals surface area contributed by atoms with Crippen LogP contribution in [0.4, 0.5) is 10.6 Å². The highest BCUT2D eigenvalue weighted by Gasteiger charge is 2.28. The predicted octanol–water partition coefficient (Wildman–Crippen LogP) is 1.40. The molecule has 1 aliphatic heterocycles. The summed E-state index contributed by atoms with van der Waals surface area (Å²) >= 11 is 0. The number of fused-ring (bicyclic) bond motifs is 1. The molecule has 0 spiro atoms. The van der Waals surface area contributed by atoms with Gasteiger partial charge >= 0.3 is 6.03 Å². The fourth-order valence-electron chi connectivity index (χ4n) is 2.43. The van der Waals surface area contributed by atoms with E-state index in [0.717, 1.165) is 12.8 Å². The fraction of sp³-hybridized carbons (Fsp3) is 0.571. The van der Waals surface area contributed by atoms with Gasteiger partial charge in [-0.3, -0.25) is 5.32 Å². The van der Waals surface area contributed by atoms with E-state index in [2.05, 4.69) is 15.6 Å². The van der Waals surface area contributed by atoms with Gasteiger partial charge in [0.05, 0.1) is 6.10 Å². The summed E-state index contributed by atoms with van der Waals surface area (Å²) in [5, 5.41) is 5.53. The minimum Gasteiger partial charge on any atom is -0.484 e. The zero-order chi connectivity index (χ0) is 14.7. The van der Waals surface area contributed by atoms with Gasteiger partial charge in [0.15, 0.2) is 5.75 Å². The van der Waals surface area contributed by atoms with Crippen LogP contribution in [0.25, 0.3) is 0 Å². The van der Waals surface area contributed by atoms with Crippen LogP contribution in [-0.2, 0) is 4.74 Å². The van der Waals surface area contributed by atoms with E-state index in [1.54, 1.807) is 19.2 Å². The van der Waals surface area contributed by atoms with E-state index in [9.17, 15) is 4.79 Å². The van der Waals surface area contributed by atoms with Crippen LogP contribution in [0, 0.1) is 5.92 Å². The quantitative estimate of drug-likeness (QED) is 0.877. The van der Waals surface area contributed by atoms with Gasteiger partial charge < -0.3 is 19.5 Å². The Morgan fingerprint density at radius 1 is 1.38 bits per heavy atom. The molecule has 1 aliphatic carbocycles. The third-order valence-corrected chi connectivity index (χ3v) is 3.72. The molecular formula is C14H19N3O4. The first-order chi connectivity index (χ1) is 10.2. The van der Waals surface area contributed by atoms with E-state index in [1.807, 2.05) is 0 Å². The molecule has 114 valence electrons. The van der Waals surface area contributed by atoms with Crippen molar-refractivity contribution < 1.29 is 19.0 Å². The number of hydrogen-bond donors (Lipinski definition) is 2. The molecule has 0 saturated heterocycles. The third-order valence-electron chi connectivity index (χ3n) is 3.72. The number of pyridine rings is 1. The first kappa shape index (κ1) is 13.9. The van der Waals surface area contributed by atoms with Crippen molar-refractivity contribution in [2.75, 3.05) is 32.2 Å². The number of urea groups is 1. The first-order valence-corrected chi connectivity index (χ1v) is 7.09. The molecule has 0 bridgehead atoms. The highest BCUT2D eigenvalue weighted by Crippen LogP contribution is 2.29. The lowest BCUT2D eigenvalue weighted by Gasteiger charge is -2.34. The van der Waals surface area contributed by atoms with Crippen LogP contribution in [0.3, 0.4) is 0 Å². The molecule has 1 aromatic heterocycles. The van der Waals surface area contributed by atoms with E-state index < -0.39 is 0 Å². The lowest BCUT2D eigenvalue weighted by molar-refractivity contribution is 0.00255. The molecule has 0 radical (unpaired) electrons.